The predicted molar refractivity (Wildman–Crippen MR) is 37.9 cm³/mol. The van der Waals surface area contributed by atoms with Crippen LogP contribution in [0.25, 0.3) is 0 Å². The summed E-state index contributed by atoms with van der Waals surface area (Å²) in [6.07, 6.45) is 2.75. The molecule has 1 unspecified atom stereocenters. The average Bonchev–Trinajstić information content (AvgIpc) is 1.68. The lowest BCUT2D eigenvalue weighted by atomic mass is 10.2. The van der Waals surface area contributed by atoms with Crippen molar-refractivity contribution in [2.24, 2.45) is 0 Å². The molecule has 0 saturated carbocycles. The lowest BCUT2D eigenvalue weighted by Gasteiger charge is -1.99. The number of nitrogens with zero attached hydrogens (tertiary/aromatic N) is 1. The molecule has 0 spiro atoms. The second kappa shape index (κ2) is 4.99. The van der Waals surface area contributed by atoms with Crippen LogP contribution in [0.3, 0.4) is 0 Å². The average molecular weight is 129 g/mol. The van der Waals surface area contributed by atoms with Gasteiger partial charge in [-0.2, -0.15) is 17.9 Å². The zero-order valence-electron chi connectivity index (χ0n) is 5.09. The quantitative estimate of drug-likeness (QED) is 0.579. The highest BCUT2D eigenvalue weighted by atomic mass is 32.1. The van der Waals surface area contributed by atoms with E-state index in [9.17, 15) is 0 Å². The molecule has 0 amide bonds. The van der Waals surface area contributed by atoms with Crippen LogP contribution in [0.5, 0.6) is 0 Å². The smallest absolute Gasteiger partial charge is 0.0633 e. The molecule has 1 nitrogen and oxygen atoms in total. The topological polar surface area (TPSA) is 23.8 Å². The van der Waals surface area contributed by atoms with Crippen molar-refractivity contribution in [1.82, 2.24) is 0 Å². The molecule has 0 aromatic rings. The third-order valence-corrected chi connectivity index (χ3v) is 1.39. The normalized spacial score (nSPS) is 12.6. The van der Waals surface area contributed by atoms with Gasteiger partial charge in [0, 0.05) is 11.7 Å². The van der Waals surface area contributed by atoms with Crippen molar-refractivity contribution in [3.63, 3.8) is 0 Å². The van der Waals surface area contributed by atoms with Gasteiger partial charge < -0.3 is 0 Å². The fraction of sp³-hybridized carbons (Fsp3) is 0.833. The van der Waals surface area contributed by atoms with Crippen LogP contribution in [0, 0.1) is 11.3 Å². The van der Waals surface area contributed by atoms with Crippen molar-refractivity contribution >= 4 is 12.6 Å². The van der Waals surface area contributed by atoms with Crippen LogP contribution in [0.4, 0.5) is 0 Å². The van der Waals surface area contributed by atoms with E-state index in [1.165, 1.54) is 0 Å². The molecule has 0 aliphatic rings. The number of hydrogen-bond acceptors (Lipinski definition) is 2. The SMILES string of the molecule is CCCC(S)CC#N. The van der Waals surface area contributed by atoms with Crippen LogP contribution in [-0.2, 0) is 0 Å². The summed E-state index contributed by atoms with van der Waals surface area (Å²) in [5.41, 5.74) is 0. The van der Waals surface area contributed by atoms with Gasteiger partial charge in [0.05, 0.1) is 6.07 Å². The summed E-state index contributed by atoms with van der Waals surface area (Å²) in [7, 11) is 0. The first-order valence-electron chi connectivity index (χ1n) is 2.86. The van der Waals surface area contributed by atoms with Crippen LogP contribution in [0.1, 0.15) is 26.2 Å². The first kappa shape index (κ1) is 7.84. The van der Waals surface area contributed by atoms with Crippen LogP contribution in [0.15, 0.2) is 0 Å². The Morgan fingerprint density at radius 3 is 2.75 bits per heavy atom. The molecule has 0 fully saturated rings. The summed E-state index contributed by atoms with van der Waals surface area (Å²) in [5.74, 6) is 0. The Bertz CT molecular complexity index is 85.0. The molecule has 2 heteroatoms. The summed E-state index contributed by atoms with van der Waals surface area (Å²) in [4.78, 5) is 0. The van der Waals surface area contributed by atoms with Gasteiger partial charge in [-0.3, -0.25) is 0 Å². The van der Waals surface area contributed by atoms with Gasteiger partial charge in [-0.05, 0) is 6.42 Å². The maximum Gasteiger partial charge on any atom is 0.0633 e. The van der Waals surface area contributed by atoms with E-state index in [-0.39, 0.29) is 0 Å². The summed E-state index contributed by atoms with van der Waals surface area (Å²) in [6, 6.07) is 2.08. The van der Waals surface area contributed by atoms with Crippen LogP contribution >= 0.6 is 12.6 Å². The molecule has 0 aromatic carbocycles. The van der Waals surface area contributed by atoms with E-state index in [1.807, 2.05) is 0 Å². The lowest BCUT2D eigenvalue weighted by molar-refractivity contribution is 0.755. The monoisotopic (exact) mass is 129 g/mol. The van der Waals surface area contributed by atoms with Gasteiger partial charge in [0.25, 0.3) is 0 Å². The Morgan fingerprint density at radius 1 is 1.75 bits per heavy atom. The highest BCUT2D eigenvalue weighted by Crippen LogP contribution is 2.06. The van der Waals surface area contributed by atoms with E-state index >= 15 is 0 Å². The van der Waals surface area contributed by atoms with Crippen molar-refractivity contribution in [2.45, 2.75) is 31.4 Å². The molecule has 0 aliphatic carbocycles. The molecule has 46 valence electrons. The summed E-state index contributed by atoms with van der Waals surface area (Å²) < 4.78 is 0. The fourth-order valence-electron chi connectivity index (χ4n) is 0.541. The van der Waals surface area contributed by atoms with Crippen molar-refractivity contribution in [3.8, 4) is 6.07 Å². The largest absolute Gasteiger partial charge is 0.198 e. The second-order valence-electron chi connectivity index (χ2n) is 1.80. The molecule has 0 radical (unpaired) electrons. The van der Waals surface area contributed by atoms with Gasteiger partial charge in [0.2, 0.25) is 0 Å². The molecule has 0 N–H and O–H groups in total. The van der Waals surface area contributed by atoms with Gasteiger partial charge in [-0.25, -0.2) is 0 Å². The maximum absolute atomic E-state index is 8.16. The van der Waals surface area contributed by atoms with E-state index in [2.05, 4.69) is 25.6 Å². The summed E-state index contributed by atoms with van der Waals surface area (Å²) in [6.45, 7) is 2.10. The Hall–Kier alpha value is -0.160. The first-order valence-corrected chi connectivity index (χ1v) is 3.38. The first-order chi connectivity index (χ1) is 3.81. The summed E-state index contributed by atoms with van der Waals surface area (Å²) >= 11 is 4.17. The second-order valence-corrected chi connectivity index (χ2v) is 2.54. The number of rotatable bonds is 3. The standard InChI is InChI=1S/C6H11NS/c1-2-3-6(8)4-5-7/h6,8H,2-4H2,1H3. The lowest BCUT2D eigenvalue weighted by Crippen LogP contribution is -1.94. The number of nitriles is 1. The van der Waals surface area contributed by atoms with Gasteiger partial charge >= 0.3 is 0 Å². The van der Waals surface area contributed by atoms with E-state index in [0.717, 1.165) is 12.8 Å². The molecule has 0 aliphatic heterocycles. The molecule has 8 heavy (non-hydrogen) atoms. The zero-order valence-corrected chi connectivity index (χ0v) is 5.99. The number of hydrogen-bond donors (Lipinski definition) is 1. The van der Waals surface area contributed by atoms with Gasteiger partial charge in [-0.15, -0.1) is 0 Å². The predicted octanol–water partition coefficient (Wildman–Crippen LogP) is 2.00. The van der Waals surface area contributed by atoms with Crippen LogP contribution in [-0.4, -0.2) is 5.25 Å². The highest BCUT2D eigenvalue weighted by molar-refractivity contribution is 7.80. The molecular formula is C6H11NS. The Labute approximate surface area is 56.1 Å². The van der Waals surface area contributed by atoms with Gasteiger partial charge in [-0.1, -0.05) is 13.3 Å². The van der Waals surface area contributed by atoms with Crippen LogP contribution in [0.2, 0.25) is 0 Å². The van der Waals surface area contributed by atoms with Gasteiger partial charge in [0.15, 0.2) is 0 Å². The van der Waals surface area contributed by atoms with E-state index < -0.39 is 0 Å². The third-order valence-electron chi connectivity index (χ3n) is 0.949. The minimum Gasteiger partial charge on any atom is -0.198 e. The van der Waals surface area contributed by atoms with E-state index in [1.54, 1.807) is 0 Å². The molecular weight excluding hydrogens is 118 g/mol. The van der Waals surface area contributed by atoms with Crippen LogP contribution < -0.4 is 0 Å². The molecule has 0 heterocycles. The van der Waals surface area contributed by atoms with Crippen molar-refractivity contribution < 1.29 is 0 Å². The van der Waals surface area contributed by atoms with Crippen molar-refractivity contribution in [2.75, 3.05) is 0 Å². The molecule has 0 aromatic heterocycles. The maximum atomic E-state index is 8.16. The Balaban J connectivity index is 3.08. The molecule has 1 atom stereocenters. The van der Waals surface area contributed by atoms with Gasteiger partial charge in [0.1, 0.15) is 0 Å². The van der Waals surface area contributed by atoms with E-state index in [0.29, 0.717) is 11.7 Å². The van der Waals surface area contributed by atoms with Crippen molar-refractivity contribution in [1.29, 1.82) is 5.26 Å². The third kappa shape index (κ3) is 4.01. The minimum atomic E-state index is 0.296. The Morgan fingerprint density at radius 2 is 2.38 bits per heavy atom. The van der Waals surface area contributed by atoms with E-state index in [4.69, 9.17) is 5.26 Å². The molecule has 0 rings (SSSR count). The van der Waals surface area contributed by atoms with Crippen molar-refractivity contribution in [3.05, 3.63) is 0 Å². The fourth-order valence-corrected chi connectivity index (χ4v) is 0.881. The minimum absolute atomic E-state index is 0.296. The summed E-state index contributed by atoms with van der Waals surface area (Å²) in [5, 5.41) is 8.46. The molecule has 0 bridgehead atoms. The molecule has 0 saturated heterocycles. The number of thiol groups is 1. The highest BCUT2D eigenvalue weighted by Gasteiger charge is 1.97. The Kier molecular flexibility index (Phi) is 4.89. The zero-order chi connectivity index (χ0) is 6.41.